The van der Waals surface area contributed by atoms with Gasteiger partial charge in [0.25, 0.3) is 0 Å². The monoisotopic (exact) mass is 644 g/mol. The summed E-state index contributed by atoms with van der Waals surface area (Å²) in [7, 11) is 1.47. The molecule has 1 unspecified atom stereocenters. The van der Waals surface area contributed by atoms with Gasteiger partial charge in [-0.05, 0) is 79.8 Å². The van der Waals surface area contributed by atoms with Crippen LogP contribution in [0.5, 0.6) is 17.2 Å². The van der Waals surface area contributed by atoms with Crippen LogP contribution in [0.25, 0.3) is 22.3 Å². The summed E-state index contributed by atoms with van der Waals surface area (Å²) in [6.07, 6.45) is 0. The standard InChI is InChI=1S/C40H36O8/c1-24(2)37(42)46-33-20-18-32(19-21-33)40(7,45-8)36(41)30-15-13-28(14-16-30)27-9-11-29(12-10-27)31-17-22-34(47-38(43)25(3)4)35(23-31)48-39(44)26(5)6/h9-23H,1,3,5H2,2,4,6-8H3. The van der Waals surface area contributed by atoms with Crippen LogP contribution in [0.15, 0.2) is 127 Å². The number of esters is 3. The van der Waals surface area contributed by atoms with Gasteiger partial charge < -0.3 is 18.9 Å². The molecule has 0 N–H and O–H groups in total. The number of carbonyl (C=O) groups excluding carboxylic acids is 4. The van der Waals surface area contributed by atoms with E-state index >= 15 is 0 Å². The predicted octanol–water partition coefficient (Wildman–Crippen LogP) is 8.21. The van der Waals surface area contributed by atoms with Crippen molar-refractivity contribution >= 4 is 23.7 Å². The smallest absolute Gasteiger partial charge is 0.338 e. The Morgan fingerprint density at radius 3 is 1.44 bits per heavy atom. The molecule has 0 aliphatic heterocycles. The van der Waals surface area contributed by atoms with E-state index in [1.807, 2.05) is 36.4 Å². The van der Waals surface area contributed by atoms with Gasteiger partial charge >= 0.3 is 17.9 Å². The van der Waals surface area contributed by atoms with E-state index in [1.165, 1.54) is 21.0 Å². The third-order valence-electron chi connectivity index (χ3n) is 7.55. The third-order valence-corrected chi connectivity index (χ3v) is 7.55. The van der Waals surface area contributed by atoms with Gasteiger partial charge in [0.05, 0.1) is 0 Å². The minimum absolute atomic E-state index is 0.0737. The van der Waals surface area contributed by atoms with E-state index in [-0.39, 0.29) is 34.0 Å². The number of hydrogen-bond donors (Lipinski definition) is 0. The molecule has 0 aromatic heterocycles. The lowest BCUT2D eigenvalue weighted by atomic mass is 9.87. The molecule has 8 heteroatoms. The second kappa shape index (κ2) is 14.7. The van der Waals surface area contributed by atoms with Gasteiger partial charge in [0.15, 0.2) is 22.9 Å². The number of hydrogen-bond acceptors (Lipinski definition) is 8. The molecule has 0 radical (unpaired) electrons. The number of Topliss-reactive ketones (excluding diaryl/α,β-unsaturated/α-hetero) is 1. The molecule has 4 rings (SSSR count). The number of rotatable bonds is 12. The number of ether oxygens (including phenoxy) is 4. The molecule has 0 aliphatic carbocycles. The summed E-state index contributed by atoms with van der Waals surface area (Å²) < 4.78 is 21.8. The molecule has 244 valence electrons. The molecular formula is C40H36O8. The Balaban J connectivity index is 1.54. The molecular weight excluding hydrogens is 608 g/mol. The minimum atomic E-state index is -1.28. The Kier molecular flexibility index (Phi) is 10.7. The first-order valence-electron chi connectivity index (χ1n) is 14.9. The lowest BCUT2D eigenvalue weighted by Gasteiger charge is -2.27. The van der Waals surface area contributed by atoms with E-state index in [0.717, 1.165) is 22.3 Å². The second-order valence-electron chi connectivity index (χ2n) is 11.4. The molecule has 0 aliphatic rings. The molecule has 4 aromatic rings. The third kappa shape index (κ3) is 7.92. The topological polar surface area (TPSA) is 105 Å². The molecule has 8 nitrogen and oxygen atoms in total. The van der Waals surface area contributed by atoms with Gasteiger partial charge in [-0.3, -0.25) is 4.79 Å². The number of carbonyl (C=O) groups is 4. The number of methoxy groups -OCH3 is 1. The van der Waals surface area contributed by atoms with Crippen LogP contribution in [-0.2, 0) is 24.7 Å². The Morgan fingerprint density at radius 1 is 0.542 bits per heavy atom. The maximum absolute atomic E-state index is 13.7. The first kappa shape index (κ1) is 35.0. The quantitative estimate of drug-likeness (QED) is 0.0658. The molecule has 0 bridgehead atoms. The highest BCUT2D eigenvalue weighted by molar-refractivity contribution is 6.03. The molecule has 0 saturated heterocycles. The van der Waals surface area contributed by atoms with Crippen molar-refractivity contribution < 1.29 is 38.1 Å². The zero-order valence-corrected chi connectivity index (χ0v) is 27.5. The lowest BCUT2D eigenvalue weighted by molar-refractivity contribution is -0.132. The Hall–Kier alpha value is -5.86. The predicted molar refractivity (Wildman–Crippen MR) is 184 cm³/mol. The fourth-order valence-electron chi connectivity index (χ4n) is 4.55. The summed E-state index contributed by atoms with van der Waals surface area (Å²) in [5.74, 6) is -1.57. The highest BCUT2D eigenvalue weighted by atomic mass is 16.6. The molecule has 0 saturated carbocycles. The van der Waals surface area contributed by atoms with Crippen molar-refractivity contribution in [3.05, 3.63) is 139 Å². The lowest BCUT2D eigenvalue weighted by Crippen LogP contribution is -2.34. The van der Waals surface area contributed by atoms with Gasteiger partial charge in [0, 0.05) is 29.4 Å². The molecule has 1 atom stereocenters. The van der Waals surface area contributed by atoms with Crippen LogP contribution in [0.3, 0.4) is 0 Å². The number of benzene rings is 4. The van der Waals surface area contributed by atoms with Crippen molar-refractivity contribution in [1.82, 2.24) is 0 Å². The fraction of sp³-hybridized carbons (Fsp3) is 0.150. The van der Waals surface area contributed by atoms with Crippen molar-refractivity contribution in [2.45, 2.75) is 33.3 Å². The van der Waals surface area contributed by atoms with Gasteiger partial charge in [-0.1, -0.05) is 86.5 Å². The summed E-state index contributed by atoms with van der Waals surface area (Å²) in [5, 5.41) is 0. The van der Waals surface area contributed by atoms with E-state index < -0.39 is 23.5 Å². The van der Waals surface area contributed by atoms with Gasteiger partial charge in [-0.15, -0.1) is 0 Å². The van der Waals surface area contributed by atoms with Crippen LogP contribution < -0.4 is 14.2 Å². The molecule has 0 heterocycles. The average Bonchev–Trinajstić information content (AvgIpc) is 3.08. The van der Waals surface area contributed by atoms with Crippen LogP contribution in [0.1, 0.15) is 43.6 Å². The molecule has 0 spiro atoms. The SMILES string of the molecule is C=C(C)C(=O)Oc1ccc(C(C)(OC)C(=O)c2ccc(-c3ccc(-c4ccc(OC(=O)C(=C)C)c(OC(=O)C(=C)C)c4)cc3)cc2)cc1. The summed E-state index contributed by atoms with van der Waals surface area (Å²) >= 11 is 0. The molecule has 0 fully saturated rings. The van der Waals surface area contributed by atoms with Crippen LogP contribution in [-0.4, -0.2) is 30.8 Å². The fourth-order valence-corrected chi connectivity index (χ4v) is 4.55. The van der Waals surface area contributed by atoms with Crippen molar-refractivity contribution in [1.29, 1.82) is 0 Å². The van der Waals surface area contributed by atoms with Crippen molar-refractivity contribution in [3.8, 4) is 39.5 Å². The summed E-state index contributed by atoms with van der Waals surface area (Å²) in [4.78, 5) is 49.9. The average molecular weight is 645 g/mol. The summed E-state index contributed by atoms with van der Waals surface area (Å²) in [5.41, 5.74) is 3.80. The van der Waals surface area contributed by atoms with Crippen LogP contribution >= 0.6 is 0 Å². The normalized spacial score (nSPS) is 11.9. The van der Waals surface area contributed by atoms with Crippen LogP contribution in [0, 0.1) is 0 Å². The van der Waals surface area contributed by atoms with E-state index in [2.05, 4.69) is 19.7 Å². The highest BCUT2D eigenvalue weighted by Crippen LogP contribution is 2.35. The van der Waals surface area contributed by atoms with Gasteiger partial charge in [-0.2, -0.15) is 0 Å². The largest absolute Gasteiger partial charge is 0.423 e. The van der Waals surface area contributed by atoms with Crippen molar-refractivity contribution in [3.63, 3.8) is 0 Å². The summed E-state index contributed by atoms with van der Waals surface area (Å²) in [6.45, 7) is 17.1. The van der Waals surface area contributed by atoms with Gasteiger partial charge in [-0.25, -0.2) is 14.4 Å². The second-order valence-corrected chi connectivity index (χ2v) is 11.4. The number of ketones is 1. The first-order chi connectivity index (χ1) is 22.7. The van der Waals surface area contributed by atoms with Crippen LogP contribution in [0.4, 0.5) is 0 Å². The minimum Gasteiger partial charge on any atom is -0.423 e. The maximum Gasteiger partial charge on any atom is 0.338 e. The molecule has 48 heavy (non-hydrogen) atoms. The Morgan fingerprint density at radius 2 is 0.958 bits per heavy atom. The van der Waals surface area contributed by atoms with E-state index in [0.29, 0.717) is 16.9 Å². The van der Waals surface area contributed by atoms with Crippen molar-refractivity contribution in [2.24, 2.45) is 0 Å². The zero-order valence-electron chi connectivity index (χ0n) is 27.5. The highest BCUT2D eigenvalue weighted by Gasteiger charge is 2.36. The maximum atomic E-state index is 13.7. The van der Waals surface area contributed by atoms with E-state index in [9.17, 15) is 19.2 Å². The van der Waals surface area contributed by atoms with Crippen molar-refractivity contribution in [2.75, 3.05) is 7.11 Å². The molecule has 4 aromatic carbocycles. The zero-order chi connectivity index (χ0) is 35.2. The van der Waals surface area contributed by atoms with Gasteiger partial charge in [0.1, 0.15) is 5.75 Å². The summed E-state index contributed by atoms with van der Waals surface area (Å²) in [6, 6.07) is 26.4. The van der Waals surface area contributed by atoms with E-state index in [1.54, 1.807) is 68.4 Å². The molecule has 0 amide bonds. The van der Waals surface area contributed by atoms with Gasteiger partial charge in [0.2, 0.25) is 0 Å². The van der Waals surface area contributed by atoms with E-state index in [4.69, 9.17) is 18.9 Å². The van der Waals surface area contributed by atoms with Crippen LogP contribution in [0.2, 0.25) is 0 Å². The first-order valence-corrected chi connectivity index (χ1v) is 14.9. The Bertz CT molecular complexity index is 1920. The Labute approximate surface area is 279 Å².